The lowest BCUT2D eigenvalue weighted by Crippen LogP contribution is -1.97. The molecule has 0 spiro atoms. The molecule has 84 valence electrons. The molecular formula is C12H12O4. The Hall–Kier alpha value is -1.97. The van der Waals surface area contributed by atoms with E-state index in [1.54, 1.807) is 19.2 Å². The minimum Gasteiger partial charge on any atom is -0.497 e. The van der Waals surface area contributed by atoms with Crippen LogP contribution in [0.15, 0.2) is 22.6 Å². The van der Waals surface area contributed by atoms with Gasteiger partial charge in [-0.3, -0.25) is 0 Å². The number of benzene rings is 1. The number of carboxylic acid groups (broad SMARTS) is 1. The topological polar surface area (TPSA) is 59.7 Å². The van der Waals surface area contributed by atoms with Crippen LogP contribution in [0.4, 0.5) is 0 Å². The van der Waals surface area contributed by atoms with Crippen LogP contribution >= 0.6 is 0 Å². The first-order valence-electron chi connectivity index (χ1n) is 5.00. The second-order valence-electron chi connectivity index (χ2n) is 3.43. The van der Waals surface area contributed by atoms with Crippen LogP contribution in [0, 0.1) is 0 Å². The fraction of sp³-hybridized carbons (Fsp3) is 0.250. The zero-order valence-corrected chi connectivity index (χ0v) is 9.11. The van der Waals surface area contributed by atoms with Crippen molar-refractivity contribution < 1.29 is 19.1 Å². The predicted molar refractivity (Wildman–Crippen MR) is 59.1 cm³/mol. The smallest absolute Gasteiger partial charge is 0.372 e. The predicted octanol–water partition coefficient (Wildman–Crippen LogP) is 2.70. The zero-order chi connectivity index (χ0) is 11.7. The SMILES string of the molecule is CCc1c(C(=O)O)oc2cc(OC)ccc12. The van der Waals surface area contributed by atoms with Crippen LogP contribution in [0.2, 0.25) is 0 Å². The van der Waals surface area contributed by atoms with E-state index in [1.807, 2.05) is 13.0 Å². The second-order valence-corrected chi connectivity index (χ2v) is 3.43. The summed E-state index contributed by atoms with van der Waals surface area (Å²) in [6, 6.07) is 5.31. The monoisotopic (exact) mass is 220 g/mol. The molecule has 2 aromatic rings. The van der Waals surface area contributed by atoms with Crippen molar-refractivity contribution in [2.24, 2.45) is 0 Å². The van der Waals surface area contributed by atoms with Gasteiger partial charge in [-0.25, -0.2) is 4.79 Å². The van der Waals surface area contributed by atoms with Gasteiger partial charge in [-0.1, -0.05) is 6.92 Å². The molecule has 4 heteroatoms. The molecule has 2 rings (SSSR count). The molecule has 0 atom stereocenters. The van der Waals surface area contributed by atoms with Crippen LogP contribution in [-0.2, 0) is 6.42 Å². The minimum absolute atomic E-state index is 0.0192. The Bertz CT molecular complexity index is 539. The fourth-order valence-electron chi connectivity index (χ4n) is 1.78. The van der Waals surface area contributed by atoms with Gasteiger partial charge in [0.05, 0.1) is 7.11 Å². The highest BCUT2D eigenvalue weighted by Crippen LogP contribution is 2.29. The first kappa shape index (κ1) is 10.5. The summed E-state index contributed by atoms with van der Waals surface area (Å²) in [6.45, 7) is 1.90. The standard InChI is InChI=1S/C12H12O4/c1-3-8-9-5-4-7(15-2)6-10(9)16-11(8)12(13)14/h4-6H,3H2,1-2H3,(H,13,14). The van der Waals surface area contributed by atoms with Crippen molar-refractivity contribution >= 4 is 16.9 Å². The lowest BCUT2D eigenvalue weighted by atomic mass is 10.1. The second kappa shape index (κ2) is 3.89. The summed E-state index contributed by atoms with van der Waals surface area (Å²) in [4.78, 5) is 11.0. The van der Waals surface area contributed by atoms with Gasteiger partial charge in [-0.2, -0.15) is 0 Å². The Balaban J connectivity index is 2.71. The van der Waals surface area contributed by atoms with Gasteiger partial charge in [0.15, 0.2) is 0 Å². The summed E-state index contributed by atoms with van der Waals surface area (Å²) in [5.74, 6) is -0.362. The summed E-state index contributed by atoms with van der Waals surface area (Å²) in [7, 11) is 1.56. The maximum Gasteiger partial charge on any atom is 0.372 e. The van der Waals surface area contributed by atoms with Gasteiger partial charge < -0.3 is 14.3 Å². The fourth-order valence-corrected chi connectivity index (χ4v) is 1.78. The third-order valence-electron chi connectivity index (χ3n) is 2.55. The van der Waals surface area contributed by atoms with Crippen LogP contribution in [-0.4, -0.2) is 18.2 Å². The Morgan fingerprint density at radius 1 is 1.50 bits per heavy atom. The molecule has 4 nitrogen and oxygen atoms in total. The van der Waals surface area contributed by atoms with Crippen molar-refractivity contribution in [3.05, 3.63) is 29.5 Å². The molecule has 0 aliphatic heterocycles. The number of aromatic carboxylic acids is 1. The molecule has 1 aromatic heterocycles. The number of methoxy groups -OCH3 is 1. The number of hydrogen-bond donors (Lipinski definition) is 1. The summed E-state index contributed by atoms with van der Waals surface area (Å²) in [5, 5.41) is 9.83. The number of ether oxygens (including phenoxy) is 1. The summed E-state index contributed by atoms with van der Waals surface area (Å²) >= 11 is 0. The molecule has 0 saturated carbocycles. The molecule has 0 saturated heterocycles. The number of carbonyl (C=O) groups is 1. The van der Waals surface area contributed by atoms with Crippen molar-refractivity contribution in [1.82, 2.24) is 0 Å². The third-order valence-corrected chi connectivity index (χ3v) is 2.55. The highest BCUT2D eigenvalue weighted by molar-refractivity contribution is 5.95. The van der Waals surface area contributed by atoms with E-state index in [1.165, 1.54) is 0 Å². The van der Waals surface area contributed by atoms with Crippen LogP contribution in [0.5, 0.6) is 5.75 Å². The van der Waals surface area contributed by atoms with Gasteiger partial charge in [0.2, 0.25) is 5.76 Å². The number of hydrogen-bond acceptors (Lipinski definition) is 3. The summed E-state index contributed by atoms with van der Waals surface area (Å²) in [5.41, 5.74) is 1.28. The molecule has 0 aliphatic carbocycles. The van der Waals surface area contributed by atoms with Crippen LogP contribution in [0.25, 0.3) is 11.0 Å². The number of furan rings is 1. The van der Waals surface area contributed by atoms with Crippen LogP contribution < -0.4 is 4.74 Å². The Labute approximate surface area is 92.4 Å². The van der Waals surface area contributed by atoms with Gasteiger partial charge in [0, 0.05) is 17.0 Å². The number of rotatable bonds is 3. The van der Waals surface area contributed by atoms with E-state index in [2.05, 4.69) is 0 Å². The lowest BCUT2D eigenvalue weighted by molar-refractivity contribution is 0.0663. The van der Waals surface area contributed by atoms with Gasteiger partial charge in [-0.15, -0.1) is 0 Å². The molecular weight excluding hydrogens is 208 g/mol. The van der Waals surface area contributed by atoms with E-state index in [0.717, 1.165) is 10.9 Å². The normalized spacial score (nSPS) is 10.6. The lowest BCUT2D eigenvalue weighted by Gasteiger charge is -1.98. The Morgan fingerprint density at radius 2 is 2.25 bits per heavy atom. The highest BCUT2D eigenvalue weighted by Gasteiger charge is 2.18. The molecule has 1 heterocycles. The first-order valence-corrected chi connectivity index (χ1v) is 5.00. The Kier molecular flexibility index (Phi) is 2.56. The molecule has 1 aromatic carbocycles. The largest absolute Gasteiger partial charge is 0.497 e. The van der Waals surface area contributed by atoms with Crippen molar-refractivity contribution in [3.63, 3.8) is 0 Å². The van der Waals surface area contributed by atoms with Crippen LogP contribution in [0.3, 0.4) is 0 Å². The Morgan fingerprint density at radius 3 is 2.81 bits per heavy atom. The van der Waals surface area contributed by atoms with Crippen molar-refractivity contribution in [2.75, 3.05) is 7.11 Å². The van der Waals surface area contributed by atoms with E-state index in [-0.39, 0.29) is 5.76 Å². The molecule has 0 unspecified atom stereocenters. The van der Waals surface area contributed by atoms with E-state index in [0.29, 0.717) is 17.8 Å². The number of carboxylic acids is 1. The van der Waals surface area contributed by atoms with Gasteiger partial charge in [-0.05, 0) is 18.6 Å². The van der Waals surface area contributed by atoms with E-state index in [9.17, 15) is 4.79 Å². The molecule has 0 fully saturated rings. The van der Waals surface area contributed by atoms with E-state index in [4.69, 9.17) is 14.3 Å². The van der Waals surface area contributed by atoms with Crippen molar-refractivity contribution in [3.8, 4) is 5.75 Å². The summed E-state index contributed by atoms with van der Waals surface area (Å²) < 4.78 is 10.4. The van der Waals surface area contributed by atoms with Gasteiger partial charge in [0.1, 0.15) is 11.3 Å². The van der Waals surface area contributed by atoms with Gasteiger partial charge >= 0.3 is 5.97 Å². The maximum absolute atomic E-state index is 11.0. The maximum atomic E-state index is 11.0. The molecule has 16 heavy (non-hydrogen) atoms. The molecule has 0 amide bonds. The first-order chi connectivity index (χ1) is 7.67. The van der Waals surface area contributed by atoms with Crippen molar-refractivity contribution in [2.45, 2.75) is 13.3 Å². The zero-order valence-electron chi connectivity index (χ0n) is 9.11. The molecule has 0 bridgehead atoms. The average molecular weight is 220 g/mol. The van der Waals surface area contributed by atoms with Crippen LogP contribution in [0.1, 0.15) is 23.0 Å². The van der Waals surface area contributed by atoms with Crippen molar-refractivity contribution in [1.29, 1.82) is 0 Å². The highest BCUT2D eigenvalue weighted by atomic mass is 16.5. The van der Waals surface area contributed by atoms with E-state index >= 15 is 0 Å². The summed E-state index contributed by atoms with van der Waals surface area (Å²) in [6.07, 6.45) is 0.626. The molecule has 0 radical (unpaired) electrons. The molecule has 1 N–H and O–H groups in total. The number of aryl methyl sites for hydroxylation is 1. The number of fused-ring (bicyclic) bond motifs is 1. The van der Waals surface area contributed by atoms with E-state index < -0.39 is 5.97 Å². The quantitative estimate of drug-likeness (QED) is 0.863. The minimum atomic E-state index is -1.04. The van der Waals surface area contributed by atoms with Gasteiger partial charge in [0.25, 0.3) is 0 Å². The third kappa shape index (κ3) is 1.52. The molecule has 0 aliphatic rings. The average Bonchev–Trinajstić information content (AvgIpc) is 2.66.